The van der Waals surface area contributed by atoms with Crippen molar-refractivity contribution in [3.8, 4) is 5.88 Å². The number of halogens is 1. The first-order valence-corrected chi connectivity index (χ1v) is 9.37. The Morgan fingerprint density at radius 1 is 1.20 bits per heavy atom. The van der Waals surface area contributed by atoms with Crippen molar-refractivity contribution in [2.75, 3.05) is 48.3 Å². The van der Waals surface area contributed by atoms with Crippen LogP contribution in [0.4, 0.5) is 22.0 Å². The van der Waals surface area contributed by atoms with Crippen molar-refractivity contribution in [1.29, 1.82) is 0 Å². The smallest absolute Gasteiger partial charge is 0.325 e. The number of carboxylic acid groups (broad SMARTS) is 1. The van der Waals surface area contributed by atoms with Crippen molar-refractivity contribution in [2.45, 2.75) is 0 Å². The van der Waals surface area contributed by atoms with Gasteiger partial charge >= 0.3 is 12.0 Å². The lowest BCUT2D eigenvalue weighted by Gasteiger charge is -2.23. The Balaban J connectivity index is 1.61. The molecule has 2 aliphatic heterocycles. The van der Waals surface area contributed by atoms with Gasteiger partial charge in [0.25, 0.3) is 5.91 Å². The predicted molar refractivity (Wildman–Crippen MR) is 107 cm³/mol. The van der Waals surface area contributed by atoms with Crippen LogP contribution in [0.1, 0.15) is 10.4 Å². The molecule has 0 bridgehead atoms. The lowest BCUT2D eigenvalue weighted by atomic mass is 10.2. The highest BCUT2D eigenvalue weighted by atomic mass is 35.5. The Kier molecular flexibility index (Phi) is 5.04. The molecule has 0 radical (unpaired) electrons. The molecule has 11 nitrogen and oxygen atoms in total. The number of rotatable bonds is 4. The molecule has 1 saturated heterocycles. The molecular weight excluding hydrogens is 416 g/mol. The number of anilines is 3. The lowest BCUT2D eigenvalue weighted by molar-refractivity contribution is -0.137. The summed E-state index contributed by atoms with van der Waals surface area (Å²) in [5, 5.41) is 9.16. The van der Waals surface area contributed by atoms with Crippen LogP contribution in [0.3, 0.4) is 0 Å². The van der Waals surface area contributed by atoms with Crippen molar-refractivity contribution in [3.63, 3.8) is 0 Å². The number of carboxylic acids is 1. The molecule has 2 aliphatic rings. The average molecular weight is 433 g/mol. The number of carbonyl (C=O) groups is 3. The maximum atomic E-state index is 13.0. The van der Waals surface area contributed by atoms with Crippen molar-refractivity contribution >= 4 is 46.7 Å². The second-order valence-electron chi connectivity index (χ2n) is 6.63. The molecule has 1 fully saturated rings. The number of amides is 3. The maximum absolute atomic E-state index is 13.0. The number of hydrogen-bond acceptors (Lipinski definition) is 7. The molecule has 0 atom stereocenters. The molecule has 0 saturated carbocycles. The van der Waals surface area contributed by atoms with Gasteiger partial charge < -0.3 is 25.4 Å². The van der Waals surface area contributed by atoms with E-state index in [9.17, 15) is 14.4 Å². The summed E-state index contributed by atoms with van der Waals surface area (Å²) in [6, 6.07) is 4.39. The number of aliphatic carboxylic acids is 1. The van der Waals surface area contributed by atoms with E-state index in [2.05, 4.69) is 9.97 Å². The van der Waals surface area contributed by atoms with E-state index in [-0.39, 0.29) is 48.5 Å². The Morgan fingerprint density at radius 2 is 2.00 bits per heavy atom. The van der Waals surface area contributed by atoms with Gasteiger partial charge in [0.2, 0.25) is 5.88 Å². The zero-order chi connectivity index (χ0) is 21.4. The summed E-state index contributed by atoms with van der Waals surface area (Å²) in [5.41, 5.74) is 6.84. The fourth-order valence-corrected chi connectivity index (χ4v) is 3.68. The molecule has 0 spiro atoms. The summed E-state index contributed by atoms with van der Waals surface area (Å²) in [7, 11) is 0. The van der Waals surface area contributed by atoms with Crippen molar-refractivity contribution in [3.05, 3.63) is 35.1 Å². The second kappa shape index (κ2) is 7.67. The third-order valence-corrected chi connectivity index (χ3v) is 5.11. The molecule has 2 aromatic rings. The van der Waals surface area contributed by atoms with Gasteiger partial charge in [0.1, 0.15) is 30.9 Å². The predicted octanol–water partition coefficient (Wildman–Crippen LogP) is 1.08. The number of carbonyl (C=O) groups excluding carboxylic acids is 2. The standard InChI is InChI=1S/C18H17ClN6O5/c19-11-7-10(1-2-12(11)25-4-3-23(18(25)29)8-13(26)27)24-5-6-30-16-14(17(24)28)15(20)21-9-22-16/h1-2,7,9H,3-6,8H2,(H,26,27)(H2,20,21,22). The zero-order valence-electron chi connectivity index (χ0n) is 15.6. The minimum atomic E-state index is -1.09. The summed E-state index contributed by atoms with van der Waals surface area (Å²) in [5.74, 6) is -1.37. The highest BCUT2D eigenvalue weighted by molar-refractivity contribution is 6.34. The third-order valence-electron chi connectivity index (χ3n) is 4.81. The molecule has 3 heterocycles. The molecule has 3 amide bonds. The van der Waals surface area contributed by atoms with Crippen LogP contribution in [0.15, 0.2) is 24.5 Å². The van der Waals surface area contributed by atoms with Crippen LogP contribution in [0, 0.1) is 0 Å². The SMILES string of the molecule is Nc1ncnc2c1C(=O)N(c1ccc(N3CCN(CC(=O)O)C3=O)c(Cl)c1)CCO2. The van der Waals surface area contributed by atoms with Crippen LogP contribution in [-0.2, 0) is 4.79 Å². The average Bonchev–Trinajstić information content (AvgIpc) is 2.94. The summed E-state index contributed by atoms with van der Waals surface area (Å²) < 4.78 is 5.51. The van der Waals surface area contributed by atoms with Crippen molar-refractivity contribution in [1.82, 2.24) is 14.9 Å². The van der Waals surface area contributed by atoms with E-state index in [0.717, 1.165) is 0 Å². The van der Waals surface area contributed by atoms with Crippen LogP contribution in [0.2, 0.25) is 5.02 Å². The molecule has 0 aliphatic carbocycles. The number of nitrogen functional groups attached to an aromatic ring is 1. The Bertz CT molecular complexity index is 1050. The van der Waals surface area contributed by atoms with Gasteiger partial charge in [-0.15, -0.1) is 0 Å². The van der Waals surface area contributed by atoms with Crippen LogP contribution in [0.25, 0.3) is 0 Å². The maximum Gasteiger partial charge on any atom is 0.325 e. The van der Waals surface area contributed by atoms with Crippen molar-refractivity contribution in [2.24, 2.45) is 0 Å². The molecule has 0 unspecified atom stereocenters. The highest BCUT2D eigenvalue weighted by Crippen LogP contribution is 2.34. The number of aromatic nitrogens is 2. The highest BCUT2D eigenvalue weighted by Gasteiger charge is 2.33. The van der Waals surface area contributed by atoms with Gasteiger partial charge in [0.05, 0.1) is 17.3 Å². The van der Waals surface area contributed by atoms with E-state index >= 15 is 0 Å². The van der Waals surface area contributed by atoms with E-state index in [1.807, 2.05) is 0 Å². The van der Waals surface area contributed by atoms with Crippen LogP contribution >= 0.6 is 11.6 Å². The molecule has 1 aromatic carbocycles. The third kappa shape index (κ3) is 3.43. The lowest BCUT2D eigenvalue weighted by Crippen LogP contribution is -2.35. The number of ether oxygens (including phenoxy) is 1. The minimum absolute atomic E-state index is 0.0146. The fraction of sp³-hybridized carbons (Fsp3) is 0.278. The normalized spacial score (nSPS) is 16.4. The molecular formula is C18H17ClN6O5. The van der Waals surface area contributed by atoms with E-state index < -0.39 is 17.9 Å². The number of nitrogens with two attached hydrogens (primary N) is 1. The molecule has 30 heavy (non-hydrogen) atoms. The Morgan fingerprint density at radius 3 is 2.73 bits per heavy atom. The zero-order valence-corrected chi connectivity index (χ0v) is 16.4. The summed E-state index contributed by atoms with van der Waals surface area (Å²) in [6.45, 7) is 0.642. The van der Waals surface area contributed by atoms with Gasteiger partial charge in [0, 0.05) is 18.8 Å². The largest absolute Gasteiger partial charge is 0.480 e. The van der Waals surface area contributed by atoms with Gasteiger partial charge in [0.15, 0.2) is 0 Å². The Hall–Kier alpha value is -3.60. The fourth-order valence-electron chi connectivity index (χ4n) is 3.41. The first-order valence-electron chi connectivity index (χ1n) is 8.99. The monoisotopic (exact) mass is 432 g/mol. The first kappa shape index (κ1) is 19.7. The van der Waals surface area contributed by atoms with E-state index in [1.54, 1.807) is 18.2 Å². The summed E-state index contributed by atoms with van der Waals surface area (Å²) in [6.07, 6.45) is 1.23. The van der Waals surface area contributed by atoms with E-state index in [1.165, 1.54) is 21.0 Å². The molecule has 12 heteroatoms. The van der Waals surface area contributed by atoms with Gasteiger partial charge in [-0.2, -0.15) is 0 Å². The topological polar surface area (TPSA) is 142 Å². The van der Waals surface area contributed by atoms with Gasteiger partial charge in [-0.25, -0.2) is 14.8 Å². The van der Waals surface area contributed by atoms with E-state index in [4.69, 9.17) is 27.2 Å². The van der Waals surface area contributed by atoms with Gasteiger partial charge in [-0.05, 0) is 18.2 Å². The number of fused-ring (bicyclic) bond motifs is 1. The number of benzene rings is 1. The van der Waals surface area contributed by atoms with Gasteiger partial charge in [-0.3, -0.25) is 14.5 Å². The summed E-state index contributed by atoms with van der Waals surface area (Å²) >= 11 is 6.42. The molecule has 3 N–H and O–H groups in total. The second-order valence-corrected chi connectivity index (χ2v) is 7.04. The molecule has 156 valence electrons. The van der Waals surface area contributed by atoms with Crippen LogP contribution < -0.4 is 20.3 Å². The molecule has 4 rings (SSSR count). The first-order chi connectivity index (χ1) is 14.4. The van der Waals surface area contributed by atoms with Crippen LogP contribution in [0.5, 0.6) is 5.88 Å². The number of nitrogens with zero attached hydrogens (tertiary/aromatic N) is 5. The number of urea groups is 1. The quantitative estimate of drug-likeness (QED) is 0.730. The summed E-state index contributed by atoms with van der Waals surface area (Å²) in [4.78, 5) is 48.3. The number of hydrogen-bond donors (Lipinski definition) is 2. The van der Waals surface area contributed by atoms with Crippen LogP contribution in [-0.4, -0.2) is 70.7 Å². The minimum Gasteiger partial charge on any atom is -0.480 e. The van der Waals surface area contributed by atoms with Gasteiger partial charge in [-0.1, -0.05) is 11.6 Å². The van der Waals surface area contributed by atoms with E-state index in [0.29, 0.717) is 17.9 Å². The Labute approximate surface area is 175 Å². The van der Waals surface area contributed by atoms with Crippen molar-refractivity contribution < 1.29 is 24.2 Å². The molecule has 1 aromatic heterocycles.